The Morgan fingerprint density at radius 1 is 1.38 bits per heavy atom. The number of hydrogen-bond acceptors (Lipinski definition) is 3. The van der Waals surface area contributed by atoms with E-state index < -0.39 is 17.6 Å². The maximum absolute atomic E-state index is 13.2. The lowest BCUT2D eigenvalue weighted by Crippen LogP contribution is -2.12. The molecule has 86 valence electrons. The standard InChI is InChI=1S/C12H13FO3/c1-3-16-12(15)7-11(14)9-5-4-6-10(13)8(9)2/h4-6H,3,7H2,1-2H3. The van der Waals surface area contributed by atoms with Crippen molar-refractivity contribution < 1.29 is 18.7 Å². The van der Waals surface area contributed by atoms with Gasteiger partial charge in [-0.3, -0.25) is 9.59 Å². The fourth-order valence-electron chi connectivity index (χ4n) is 1.35. The summed E-state index contributed by atoms with van der Waals surface area (Å²) in [6, 6.07) is 4.22. The van der Waals surface area contributed by atoms with Crippen LogP contribution in [0, 0.1) is 12.7 Å². The summed E-state index contributed by atoms with van der Waals surface area (Å²) in [5, 5.41) is 0. The van der Waals surface area contributed by atoms with E-state index in [0.29, 0.717) is 0 Å². The summed E-state index contributed by atoms with van der Waals surface area (Å²) in [6.07, 6.45) is -0.349. The molecule has 1 aromatic rings. The molecule has 0 aliphatic carbocycles. The molecular weight excluding hydrogens is 211 g/mol. The lowest BCUT2D eigenvalue weighted by Gasteiger charge is -2.05. The topological polar surface area (TPSA) is 43.4 Å². The molecule has 3 nitrogen and oxygen atoms in total. The monoisotopic (exact) mass is 224 g/mol. The second-order valence-corrected chi connectivity index (χ2v) is 3.32. The molecule has 0 unspecified atom stereocenters. The SMILES string of the molecule is CCOC(=O)CC(=O)c1cccc(F)c1C. The lowest BCUT2D eigenvalue weighted by atomic mass is 10.0. The number of carbonyl (C=O) groups is 2. The van der Waals surface area contributed by atoms with Crippen molar-refractivity contribution in [1.29, 1.82) is 0 Å². The summed E-state index contributed by atoms with van der Waals surface area (Å²) < 4.78 is 17.8. The third kappa shape index (κ3) is 2.89. The van der Waals surface area contributed by atoms with Crippen molar-refractivity contribution >= 4 is 11.8 Å². The fraction of sp³-hybridized carbons (Fsp3) is 0.333. The van der Waals surface area contributed by atoms with Crippen molar-refractivity contribution in [2.24, 2.45) is 0 Å². The molecule has 1 rings (SSSR count). The van der Waals surface area contributed by atoms with Gasteiger partial charge in [0.15, 0.2) is 5.78 Å². The van der Waals surface area contributed by atoms with Crippen LogP contribution in [0.2, 0.25) is 0 Å². The van der Waals surface area contributed by atoms with Crippen LogP contribution in [0.15, 0.2) is 18.2 Å². The van der Waals surface area contributed by atoms with Gasteiger partial charge in [0.05, 0.1) is 6.61 Å². The number of rotatable bonds is 4. The van der Waals surface area contributed by atoms with Crippen LogP contribution in [-0.2, 0) is 9.53 Å². The molecule has 0 spiro atoms. The quantitative estimate of drug-likeness (QED) is 0.447. The molecule has 0 amide bonds. The van der Waals surface area contributed by atoms with Crippen molar-refractivity contribution in [3.05, 3.63) is 35.1 Å². The summed E-state index contributed by atoms with van der Waals surface area (Å²) in [7, 11) is 0. The van der Waals surface area contributed by atoms with Gasteiger partial charge in [-0.15, -0.1) is 0 Å². The molecule has 0 aromatic heterocycles. The van der Waals surface area contributed by atoms with E-state index in [-0.39, 0.29) is 24.2 Å². The zero-order chi connectivity index (χ0) is 12.1. The number of benzene rings is 1. The highest BCUT2D eigenvalue weighted by Crippen LogP contribution is 2.14. The number of halogens is 1. The Morgan fingerprint density at radius 3 is 2.69 bits per heavy atom. The number of ketones is 1. The number of carbonyl (C=O) groups excluding carboxylic acids is 2. The zero-order valence-corrected chi connectivity index (χ0v) is 9.25. The van der Waals surface area contributed by atoms with Crippen LogP contribution in [-0.4, -0.2) is 18.4 Å². The second kappa shape index (κ2) is 5.39. The lowest BCUT2D eigenvalue weighted by molar-refractivity contribution is -0.141. The highest BCUT2D eigenvalue weighted by molar-refractivity contribution is 6.06. The third-order valence-corrected chi connectivity index (χ3v) is 2.18. The molecule has 0 heterocycles. The highest BCUT2D eigenvalue weighted by Gasteiger charge is 2.15. The number of Topliss-reactive ketones (excluding diaryl/α,β-unsaturated/α-hetero) is 1. The molecule has 0 saturated carbocycles. The Bertz CT molecular complexity index is 413. The third-order valence-electron chi connectivity index (χ3n) is 2.18. The maximum Gasteiger partial charge on any atom is 0.313 e. The van der Waals surface area contributed by atoms with Gasteiger partial charge in [-0.05, 0) is 25.5 Å². The number of hydrogen-bond donors (Lipinski definition) is 0. The molecule has 0 N–H and O–H groups in total. The molecule has 0 fully saturated rings. The number of ether oxygens (including phenoxy) is 1. The second-order valence-electron chi connectivity index (χ2n) is 3.32. The van der Waals surface area contributed by atoms with E-state index in [1.165, 1.54) is 25.1 Å². The Balaban J connectivity index is 2.81. The van der Waals surface area contributed by atoms with Crippen LogP contribution >= 0.6 is 0 Å². The summed E-state index contributed by atoms with van der Waals surface area (Å²) in [4.78, 5) is 22.7. The molecular formula is C12H13FO3. The van der Waals surface area contributed by atoms with Crippen LogP contribution in [0.4, 0.5) is 4.39 Å². The average molecular weight is 224 g/mol. The van der Waals surface area contributed by atoms with Crippen molar-refractivity contribution in [3.8, 4) is 0 Å². The summed E-state index contributed by atoms with van der Waals surface area (Å²) in [6.45, 7) is 3.40. The molecule has 1 aromatic carbocycles. The molecule has 0 aliphatic rings. The Hall–Kier alpha value is -1.71. The molecule has 0 radical (unpaired) electrons. The van der Waals surface area contributed by atoms with E-state index in [9.17, 15) is 14.0 Å². The molecule has 16 heavy (non-hydrogen) atoms. The van der Waals surface area contributed by atoms with Gasteiger partial charge in [0, 0.05) is 5.56 Å². The van der Waals surface area contributed by atoms with Crippen LogP contribution < -0.4 is 0 Å². The van der Waals surface area contributed by atoms with Crippen molar-refractivity contribution in [3.63, 3.8) is 0 Å². The fourth-order valence-corrected chi connectivity index (χ4v) is 1.35. The predicted octanol–water partition coefficient (Wildman–Crippen LogP) is 2.27. The molecule has 0 bridgehead atoms. The van der Waals surface area contributed by atoms with Gasteiger partial charge in [-0.1, -0.05) is 12.1 Å². The Labute approximate surface area is 93.2 Å². The van der Waals surface area contributed by atoms with E-state index in [1.54, 1.807) is 6.92 Å². The van der Waals surface area contributed by atoms with E-state index >= 15 is 0 Å². The van der Waals surface area contributed by atoms with Gasteiger partial charge < -0.3 is 4.74 Å². The van der Waals surface area contributed by atoms with Gasteiger partial charge in [-0.25, -0.2) is 4.39 Å². The van der Waals surface area contributed by atoms with Crippen LogP contribution in [0.3, 0.4) is 0 Å². The normalized spacial score (nSPS) is 9.94. The van der Waals surface area contributed by atoms with Crippen LogP contribution in [0.25, 0.3) is 0 Å². The van der Waals surface area contributed by atoms with Gasteiger partial charge in [0.25, 0.3) is 0 Å². The minimum Gasteiger partial charge on any atom is -0.466 e. The van der Waals surface area contributed by atoms with Gasteiger partial charge in [0.2, 0.25) is 0 Å². The first-order valence-corrected chi connectivity index (χ1v) is 5.00. The minimum absolute atomic E-state index is 0.230. The zero-order valence-electron chi connectivity index (χ0n) is 9.25. The van der Waals surface area contributed by atoms with E-state index in [4.69, 9.17) is 0 Å². The van der Waals surface area contributed by atoms with Crippen molar-refractivity contribution in [2.75, 3.05) is 6.61 Å². The Morgan fingerprint density at radius 2 is 2.06 bits per heavy atom. The maximum atomic E-state index is 13.2. The molecule has 0 atom stereocenters. The van der Waals surface area contributed by atoms with E-state index in [2.05, 4.69) is 4.74 Å². The first kappa shape index (κ1) is 12.4. The largest absolute Gasteiger partial charge is 0.466 e. The van der Waals surface area contributed by atoms with Crippen LogP contribution in [0.5, 0.6) is 0 Å². The van der Waals surface area contributed by atoms with E-state index in [0.717, 1.165) is 0 Å². The van der Waals surface area contributed by atoms with Crippen molar-refractivity contribution in [2.45, 2.75) is 20.3 Å². The average Bonchev–Trinajstić information content (AvgIpc) is 2.22. The number of esters is 1. The summed E-state index contributed by atoms with van der Waals surface area (Å²) in [5.74, 6) is -1.46. The van der Waals surface area contributed by atoms with Crippen molar-refractivity contribution in [1.82, 2.24) is 0 Å². The van der Waals surface area contributed by atoms with E-state index in [1.807, 2.05) is 0 Å². The molecule has 0 aliphatic heterocycles. The van der Waals surface area contributed by atoms with Gasteiger partial charge >= 0.3 is 5.97 Å². The van der Waals surface area contributed by atoms with Gasteiger partial charge in [-0.2, -0.15) is 0 Å². The highest BCUT2D eigenvalue weighted by atomic mass is 19.1. The minimum atomic E-state index is -0.587. The Kier molecular flexibility index (Phi) is 4.17. The smallest absolute Gasteiger partial charge is 0.313 e. The first-order chi connectivity index (χ1) is 7.56. The molecule has 0 saturated heterocycles. The predicted molar refractivity (Wildman–Crippen MR) is 56.7 cm³/mol. The summed E-state index contributed by atoms with van der Waals surface area (Å²) in [5.41, 5.74) is 0.491. The van der Waals surface area contributed by atoms with Crippen LogP contribution in [0.1, 0.15) is 29.3 Å². The first-order valence-electron chi connectivity index (χ1n) is 5.00. The van der Waals surface area contributed by atoms with Gasteiger partial charge in [0.1, 0.15) is 12.2 Å². The molecule has 4 heteroatoms. The summed E-state index contributed by atoms with van der Waals surface area (Å²) >= 11 is 0.